The second kappa shape index (κ2) is 14.2. The normalized spacial score (nSPS) is 29.0. The highest BCUT2D eigenvalue weighted by atomic mass is 16.5. The molecule has 4 rings (SSSR count). The Morgan fingerprint density at radius 3 is 2.22 bits per heavy atom. The molecular formula is C40H61N3O6. The summed E-state index contributed by atoms with van der Waals surface area (Å²) in [6, 6.07) is 5.69. The second-order valence-electron chi connectivity index (χ2n) is 16.5. The number of amides is 3. The molecule has 9 nitrogen and oxygen atoms in total. The molecule has 3 unspecified atom stereocenters. The van der Waals surface area contributed by atoms with E-state index in [2.05, 4.69) is 54.7 Å². The van der Waals surface area contributed by atoms with E-state index in [1.807, 2.05) is 56.9 Å². The van der Waals surface area contributed by atoms with Crippen molar-refractivity contribution in [2.45, 2.75) is 117 Å². The third-order valence-electron chi connectivity index (χ3n) is 11.4. The van der Waals surface area contributed by atoms with E-state index in [1.54, 1.807) is 22.0 Å². The van der Waals surface area contributed by atoms with Crippen molar-refractivity contribution in [1.82, 2.24) is 9.80 Å². The Morgan fingerprint density at radius 2 is 1.71 bits per heavy atom. The Morgan fingerprint density at radius 1 is 1.10 bits per heavy atom. The average molecular weight is 680 g/mol. The first-order valence-electron chi connectivity index (χ1n) is 18.1. The molecule has 0 aromatic heterocycles. The number of hydrogen-bond acceptors (Lipinski definition) is 6. The van der Waals surface area contributed by atoms with Crippen LogP contribution in [0.25, 0.3) is 0 Å². The molecule has 0 saturated carbocycles. The van der Waals surface area contributed by atoms with Crippen LogP contribution in [0.5, 0.6) is 5.75 Å². The van der Waals surface area contributed by atoms with Crippen LogP contribution >= 0.6 is 0 Å². The van der Waals surface area contributed by atoms with Gasteiger partial charge in [0.15, 0.2) is 0 Å². The lowest BCUT2D eigenvalue weighted by Gasteiger charge is -2.47. The number of fused-ring (bicyclic) bond motifs is 1. The van der Waals surface area contributed by atoms with Crippen molar-refractivity contribution < 1.29 is 29.0 Å². The van der Waals surface area contributed by atoms with Crippen molar-refractivity contribution in [2.24, 2.45) is 29.1 Å². The lowest BCUT2D eigenvalue weighted by molar-refractivity contribution is -0.160. The highest BCUT2D eigenvalue weighted by Crippen LogP contribution is 2.66. The van der Waals surface area contributed by atoms with E-state index in [0.717, 1.165) is 0 Å². The topological polar surface area (TPSA) is 99.6 Å². The largest absolute Gasteiger partial charge is 0.494 e. The number of carbonyl (C=O) groups is 3. The molecule has 9 heteroatoms. The first kappa shape index (κ1) is 38.6. The van der Waals surface area contributed by atoms with Crippen LogP contribution < -0.4 is 9.64 Å². The van der Waals surface area contributed by atoms with E-state index in [0.29, 0.717) is 37.3 Å². The number of likely N-dealkylation sites (tertiary alicyclic amines) is 1. The maximum atomic E-state index is 15.3. The standard InChI is InChI=1S/C40H61N3O6/c1-13-21-41(28-17-19-29(20-18-28)48-16-4)34(45)31-32-35(46)43(30(24-44)26(5)15-3)33(40(32)23-27(6)39(31,12)49-40)36(47)42(22-14-2)38(10,11)25-37(7,8)9/h13-14,17-20,26-27,30-33,44H,1-2,15-16,21-25H2,3-12H3/t26-,27?,30-,31+,32-,33?,39-,40?/m0/s1. The minimum absolute atomic E-state index is 0.0864. The van der Waals surface area contributed by atoms with Crippen molar-refractivity contribution in [3.05, 3.63) is 49.6 Å². The second-order valence-corrected chi connectivity index (χ2v) is 16.5. The molecule has 0 radical (unpaired) electrons. The summed E-state index contributed by atoms with van der Waals surface area (Å²) in [6.07, 6.45) is 5.25. The first-order chi connectivity index (χ1) is 22.9. The molecule has 1 aromatic rings. The number of rotatable bonds is 15. The van der Waals surface area contributed by atoms with Gasteiger partial charge in [0.25, 0.3) is 0 Å². The number of anilines is 1. The molecule has 3 saturated heterocycles. The van der Waals surface area contributed by atoms with Gasteiger partial charge in [0.1, 0.15) is 17.4 Å². The molecule has 1 N–H and O–H groups in total. The van der Waals surface area contributed by atoms with Gasteiger partial charge in [-0.1, -0.05) is 60.1 Å². The summed E-state index contributed by atoms with van der Waals surface area (Å²) in [5, 5.41) is 10.9. The van der Waals surface area contributed by atoms with Crippen molar-refractivity contribution in [1.29, 1.82) is 0 Å². The first-order valence-corrected chi connectivity index (χ1v) is 18.1. The van der Waals surface area contributed by atoms with Crippen molar-refractivity contribution >= 4 is 23.4 Å². The van der Waals surface area contributed by atoms with E-state index < -0.39 is 40.7 Å². The van der Waals surface area contributed by atoms with E-state index in [9.17, 15) is 9.90 Å². The molecular weight excluding hydrogens is 618 g/mol. The monoisotopic (exact) mass is 679 g/mol. The zero-order valence-electron chi connectivity index (χ0n) is 31.6. The molecule has 0 aliphatic carbocycles. The molecule has 3 amide bonds. The van der Waals surface area contributed by atoms with Gasteiger partial charge in [-0.25, -0.2) is 0 Å². The molecule has 3 aliphatic rings. The Labute approximate surface area is 294 Å². The number of benzene rings is 1. The minimum atomic E-state index is -1.25. The van der Waals surface area contributed by atoms with Crippen molar-refractivity contribution in [3.63, 3.8) is 0 Å². The Balaban J connectivity index is 1.90. The summed E-state index contributed by atoms with van der Waals surface area (Å²) in [5.41, 5.74) is -2.27. The maximum Gasteiger partial charge on any atom is 0.249 e. The molecule has 1 aromatic carbocycles. The molecule has 1 spiro atoms. The summed E-state index contributed by atoms with van der Waals surface area (Å²) in [6.45, 7) is 29.1. The highest BCUT2D eigenvalue weighted by molar-refractivity contribution is 6.03. The van der Waals surface area contributed by atoms with Gasteiger partial charge < -0.3 is 29.3 Å². The Kier molecular flexibility index (Phi) is 11.2. The van der Waals surface area contributed by atoms with Gasteiger partial charge >= 0.3 is 0 Å². The lowest BCUT2D eigenvalue weighted by Crippen LogP contribution is -2.63. The van der Waals surface area contributed by atoms with E-state index in [4.69, 9.17) is 9.47 Å². The third kappa shape index (κ3) is 6.69. The molecule has 8 atom stereocenters. The van der Waals surface area contributed by atoms with Crippen molar-refractivity contribution in [3.8, 4) is 5.75 Å². The number of hydrogen-bond donors (Lipinski definition) is 1. The Hall–Kier alpha value is -3.17. The van der Waals surface area contributed by atoms with Crippen LogP contribution in [0, 0.1) is 29.1 Å². The van der Waals surface area contributed by atoms with Gasteiger partial charge in [-0.2, -0.15) is 0 Å². The van der Waals surface area contributed by atoms with Gasteiger partial charge in [-0.15, -0.1) is 13.2 Å². The smallest absolute Gasteiger partial charge is 0.249 e. The van der Waals surface area contributed by atoms with Crippen LogP contribution in [0.15, 0.2) is 49.6 Å². The molecule has 272 valence electrons. The van der Waals surface area contributed by atoms with Gasteiger partial charge in [-0.3, -0.25) is 14.4 Å². The van der Waals surface area contributed by atoms with Crippen LogP contribution in [0.2, 0.25) is 0 Å². The van der Waals surface area contributed by atoms with Gasteiger partial charge in [0.2, 0.25) is 17.7 Å². The number of nitrogens with zero attached hydrogens (tertiary/aromatic N) is 3. The number of carbonyl (C=O) groups excluding carboxylic acids is 3. The molecule has 3 heterocycles. The van der Waals surface area contributed by atoms with Gasteiger partial charge in [0.05, 0.1) is 36.7 Å². The summed E-state index contributed by atoms with van der Waals surface area (Å²) >= 11 is 0. The maximum absolute atomic E-state index is 15.3. The van der Waals surface area contributed by atoms with Crippen LogP contribution in [-0.2, 0) is 19.1 Å². The number of ether oxygens (including phenoxy) is 2. The van der Waals surface area contributed by atoms with Crippen LogP contribution in [0.1, 0.15) is 88.5 Å². The quantitative estimate of drug-likeness (QED) is 0.220. The summed E-state index contributed by atoms with van der Waals surface area (Å²) in [5.74, 6) is -2.07. The number of aliphatic hydroxyl groups is 1. The van der Waals surface area contributed by atoms with Gasteiger partial charge in [0, 0.05) is 24.3 Å². The molecule has 3 aliphatic heterocycles. The lowest BCUT2D eigenvalue weighted by atomic mass is 9.62. The minimum Gasteiger partial charge on any atom is -0.494 e. The van der Waals surface area contributed by atoms with Gasteiger partial charge in [-0.05, 0) is 82.1 Å². The molecule has 3 fully saturated rings. The fourth-order valence-electron chi connectivity index (χ4n) is 9.32. The van der Waals surface area contributed by atoms with E-state index in [-0.39, 0.29) is 54.7 Å². The number of aliphatic hydroxyl groups excluding tert-OH is 1. The average Bonchev–Trinajstić information content (AvgIpc) is 3.54. The summed E-state index contributed by atoms with van der Waals surface area (Å²) in [7, 11) is 0. The predicted molar refractivity (Wildman–Crippen MR) is 194 cm³/mol. The van der Waals surface area contributed by atoms with Crippen LogP contribution in [0.4, 0.5) is 5.69 Å². The van der Waals surface area contributed by atoms with E-state index >= 15 is 9.59 Å². The predicted octanol–water partition coefficient (Wildman–Crippen LogP) is 6.25. The zero-order chi connectivity index (χ0) is 36.7. The molecule has 49 heavy (non-hydrogen) atoms. The fourth-order valence-corrected chi connectivity index (χ4v) is 9.32. The summed E-state index contributed by atoms with van der Waals surface area (Å²) < 4.78 is 12.7. The van der Waals surface area contributed by atoms with Crippen LogP contribution in [0.3, 0.4) is 0 Å². The van der Waals surface area contributed by atoms with Crippen LogP contribution in [-0.4, -0.2) is 87.8 Å². The fraction of sp³-hybridized carbons (Fsp3) is 0.675. The summed E-state index contributed by atoms with van der Waals surface area (Å²) in [4.78, 5) is 50.5. The Bertz CT molecular complexity index is 1400. The third-order valence-corrected chi connectivity index (χ3v) is 11.4. The highest BCUT2D eigenvalue weighted by Gasteiger charge is 2.81. The SMILES string of the molecule is C=CCN(C(=O)[C@H]1[C@H]2C(=O)N([C@@H](CO)[C@@H](C)CC)C(C(=O)N(CC=C)C(C)(C)CC(C)(C)C)C23CC(C)[C@]1(C)O3)c1ccc(OCC)cc1. The van der Waals surface area contributed by atoms with E-state index in [1.165, 1.54) is 0 Å². The molecule has 2 bridgehead atoms. The van der Waals surface area contributed by atoms with Crippen molar-refractivity contribution in [2.75, 3.05) is 31.2 Å². The zero-order valence-corrected chi connectivity index (χ0v) is 31.6.